The van der Waals surface area contributed by atoms with Crippen LogP contribution in [0.5, 0.6) is 5.75 Å². The first-order valence-corrected chi connectivity index (χ1v) is 14.6. The van der Waals surface area contributed by atoms with Gasteiger partial charge in [0.25, 0.3) is 5.91 Å². The van der Waals surface area contributed by atoms with Crippen LogP contribution in [0.1, 0.15) is 50.8 Å². The lowest BCUT2D eigenvalue weighted by molar-refractivity contribution is 0.102. The molecule has 7 heteroatoms. The van der Waals surface area contributed by atoms with Crippen molar-refractivity contribution in [3.05, 3.63) is 109 Å². The van der Waals surface area contributed by atoms with Crippen molar-refractivity contribution in [2.24, 2.45) is 10.9 Å². The molecule has 4 nitrogen and oxygen atoms in total. The van der Waals surface area contributed by atoms with Gasteiger partial charge in [-0.25, -0.2) is 4.99 Å². The zero-order chi connectivity index (χ0) is 26.6. The second-order valence-electron chi connectivity index (χ2n) is 9.62. The van der Waals surface area contributed by atoms with E-state index in [1.54, 1.807) is 17.6 Å². The van der Waals surface area contributed by atoms with Gasteiger partial charge in [0.15, 0.2) is 0 Å². The fourth-order valence-electron chi connectivity index (χ4n) is 4.61. The van der Waals surface area contributed by atoms with Crippen molar-refractivity contribution < 1.29 is 9.53 Å². The highest BCUT2D eigenvalue weighted by atomic mass is 79.9. The molecule has 5 rings (SSSR count). The molecule has 0 saturated heterocycles. The number of nitrogens with zero attached hydrogens (tertiary/aromatic N) is 1. The summed E-state index contributed by atoms with van der Waals surface area (Å²) in [6.45, 7) is 4.61. The molecule has 1 aromatic heterocycles. The summed E-state index contributed by atoms with van der Waals surface area (Å²) in [5.74, 6) is 1.18. The molecule has 3 aromatic carbocycles. The van der Waals surface area contributed by atoms with Crippen LogP contribution in [0.2, 0.25) is 5.02 Å². The van der Waals surface area contributed by atoms with Gasteiger partial charge in [-0.2, -0.15) is 0 Å². The molecule has 0 spiro atoms. The second-order valence-corrected chi connectivity index (χ2v) is 12.0. The highest BCUT2D eigenvalue weighted by Gasteiger charge is 2.27. The van der Waals surface area contributed by atoms with Gasteiger partial charge in [-0.1, -0.05) is 70.9 Å². The topological polar surface area (TPSA) is 50.7 Å². The first-order valence-electron chi connectivity index (χ1n) is 12.6. The number of benzene rings is 3. The lowest BCUT2D eigenvalue weighted by atomic mass is 9.88. The fourth-order valence-corrected chi connectivity index (χ4v) is 6.53. The number of amides is 1. The largest absolute Gasteiger partial charge is 0.488 e. The maximum absolute atomic E-state index is 13.6. The fraction of sp³-hybridized carbons (Fsp3) is 0.226. The Morgan fingerprint density at radius 2 is 1.97 bits per heavy atom. The highest BCUT2D eigenvalue weighted by molar-refractivity contribution is 9.10. The molecule has 1 aliphatic carbocycles. The Balaban J connectivity index is 1.47. The Kier molecular flexibility index (Phi) is 8.32. The monoisotopic (exact) mass is 606 g/mol. The molecule has 0 aliphatic heterocycles. The van der Waals surface area contributed by atoms with Gasteiger partial charge in [0, 0.05) is 37.4 Å². The molecule has 4 aromatic rings. The van der Waals surface area contributed by atoms with Crippen molar-refractivity contribution in [3.8, 4) is 5.75 Å². The van der Waals surface area contributed by atoms with Crippen LogP contribution in [0.3, 0.4) is 0 Å². The molecule has 1 heterocycles. The number of carbonyl (C=O) groups is 1. The zero-order valence-electron chi connectivity index (χ0n) is 21.3. The van der Waals surface area contributed by atoms with Crippen molar-refractivity contribution in [2.45, 2.75) is 39.7 Å². The van der Waals surface area contributed by atoms with Crippen molar-refractivity contribution in [2.75, 3.05) is 5.32 Å². The SMILES string of the molecule is Cc1ccccc1NC(=O)c1c(/N=C/c2cc(Br)ccc2OCc2ccccc2Cl)sc2c1CCC(C)C2. The number of carbonyl (C=O) groups excluding carboxylic acids is 1. The molecule has 38 heavy (non-hydrogen) atoms. The van der Waals surface area contributed by atoms with Crippen LogP contribution in [-0.4, -0.2) is 12.1 Å². The van der Waals surface area contributed by atoms with E-state index in [1.807, 2.05) is 73.7 Å². The summed E-state index contributed by atoms with van der Waals surface area (Å²) in [5, 5.41) is 4.52. The maximum atomic E-state index is 13.6. The Morgan fingerprint density at radius 3 is 2.79 bits per heavy atom. The van der Waals surface area contributed by atoms with E-state index in [4.69, 9.17) is 21.3 Å². The van der Waals surface area contributed by atoms with E-state index in [0.717, 1.165) is 56.7 Å². The van der Waals surface area contributed by atoms with E-state index >= 15 is 0 Å². The average molecular weight is 608 g/mol. The molecular weight excluding hydrogens is 580 g/mol. The first-order chi connectivity index (χ1) is 18.4. The Bertz CT molecular complexity index is 1510. The molecule has 0 saturated carbocycles. The number of thiophene rings is 1. The smallest absolute Gasteiger partial charge is 0.259 e. The van der Waals surface area contributed by atoms with E-state index in [0.29, 0.717) is 28.9 Å². The summed E-state index contributed by atoms with van der Waals surface area (Å²) in [4.78, 5) is 19.7. The third-order valence-corrected chi connectivity index (χ3v) is 8.77. The molecule has 1 unspecified atom stereocenters. The van der Waals surface area contributed by atoms with Gasteiger partial charge in [0.05, 0.1) is 5.56 Å². The van der Waals surface area contributed by atoms with Gasteiger partial charge in [-0.15, -0.1) is 11.3 Å². The minimum absolute atomic E-state index is 0.108. The number of anilines is 1. The van der Waals surface area contributed by atoms with Crippen LogP contribution in [0.15, 0.2) is 76.2 Å². The molecule has 1 aliphatic rings. The molecule has 1 amide bonds. The molecule has 0 bridgehead atoms. The number of aryl methyl sites for hydroxylation is 1. The number of ether oxygens (including phenoxy) is 1. The van der Waals surface area contributed by atoms with Crippen molar-refractivity contribution in [1.29, 1.82) is 0 Å². The summed E-state index contributed by atoms with van der Waals surface area (Å²) in [5.41, 5.74) is 5.39. The first kappa shape index (κ1) is 26.7. The van der Waals surface area contributed by atoms with Gasteiger partial charge < -0.3 is 10.1 Å². The van der Waals surface area contributed by atoms with E-state index in [2.05, 4.69) is 28.2 Å². The number of nitrogens with one attached hydrogen (secondary N) is 1. The third-order valence-electron chi connectivity index (χ3n) is 6.75. The molecule has 194 valence electrons. The second kappa shape index (κ2) is 11.9. The number of fused-ring (bicyclic) bond motifs is 1. The summed E-state index contributed by atoms with van der Waals surface area (Å²) in [6, 6.07) is 21.3. The highest BCUT2D eigenvalue weighted by Crippen LogP contribution is 2.42. The number of hydrogen-bond acceptors (Lipinski definition) is 4. The van der Waals surface area contributed by atoms with E-state index < -0.39 is 0 Å². The number of halogens is 2. The van der Waals surface area contributed by atoms with Gasteiger partial charge >= 0.3 is 0 Å². The van der Waals surface area contributed by atoms with Crippen LogP contribution in [0, 0.1) is 12.8 Å². The standard InChI is InChI=1S/C31H28BrClN2O2S/c1-19-11-13-24-28(15-19)38-31(29(24)30(36)35-26-10-6-3-7-20(26)2)34-17-22-16-23(32)12-14-27(22)37-18-21-8-4-5-9-25(21)33/h3-10,12,14,16-17,19H,11,13,15,18H2,1-2H3,(H,35,36)/b34-17+. The Morgan fingerprint density at radius 1 is 1.18 bits per heavy atom. The minimum atomic E-state index is -0.108. The van der Waals surface area contributed by atoms with Crippen LogP contribution in [-0.2, 0) is 19.4 Å². The van der Waals surface area contributed by atoms with Gasteiger partial charge in [0.2, 0.25) is 0 Å². The number of hydrogen-bond donors (Lipinski definition) is 1. The molecule has 1 atom stereocenters. The lowest BCUT2D eigenvalue weighted by Crippen LogP contribution is -2.17. The van der Waals surface area contributed by atoms with E-state index in [1.165, 1.54) is 4.88 Å². The van der Waals surface area contributed by atoms with Gasteiger partial charge in [0.1, 0.15) is 17.4 Å². The van der Waals surface area contributed by atoms with Crippen LogP contribution in [0.25, 0.3) is 0 Å². The predicted molar refractivity (Wildman–Crippen MR) is 162 cm³/mol. The lowest BCUT2D eigenvalue weighted by Gasteiger charge is -2.18. The Hall–Kier alpha value is -2.93. The van der Waals surface area contributed by atoms with Crippen molar-refractivity contribution in [1.82, 2.24) is 0 Å². The zero-order valence-corrected chi connectivity index (χ0v) is 24.4. The summed E-state index contributed by atoms with van der Waals surface area (Å²) in [6.07, 6.45) is 4.73. The number of aliphatic imine (C=N–C) groups is 1. The summed E-state index contributed by atoms with van der Waals surface area (Å²) >= 11 is 11.5. The van der Waals surface area contributed by atoms with Crippen molar-refractivity contribution >= 4 is 61.7 Å². The van der Waals surface area contributed by atoms with Crippen molar-refractivity contribution in [3.63, 3.8) is 0 Å². The van der Waals surface area contributed by atoms with Crippen LogP contribution >= 0.6 is 38.9 Å². The third kappa shape index (κ3) is 6.04. The van der Waals surface area contributed by atoms with Gasteiger partial charge in [-0.3, -0.25) is 4.79 Å². The average Bonchev–Trinajstić information content (AvgIpc) is 3.26. The molecule has 0 radical (unpaired) electrons. The van der Waals surface area contributed by atoms with Crippen LogP contribution < -0.4 is 10.1 Å². The summed E-state index contributed by atoms with van der Waals surface area (Å²) < 4.78 is 7.06. The summed E-state index contributed by atoms with van der Waals surface area (Å²) in [7, 11) is 0. The maximum Gasteiger partial charge on any atom is 0.259 e. The number of para-hydroxylation sites is 1. The quantitative estimate of drug-likeness (QED) is 0.213. The molecular formula is C31H28BrClN2O2S. The van der Waals surface area contributed by atoms with E-state index in [-0.39, 0.29) is 5.91 Å². The van der Waals surface area contributed by atoms with Crippen LogP contribution in [0.4, 0.5) is 10.7 Å². The Labute approximate surface area is 240 Å². The molecule has 1 N–H and O–H groups in total. The van der Waals surface area contributed by atoms with Gasteiger partial charge in [-0.05, 0) is 73.6 Å². The predicted octanol–water partition coefficient (Wildman–Crippen LogP) is 9.18. The minimum Gasteiger partial charge on any atom is -0.488 e. The van der Waals surface area contributed by atoms with E-state index in [9.17, 15) is 4.79 Å². The normalized spacial score (nSPS) is 14.9. The molecule has 0 fully saturated rings. The number of rotatable bonds is 7.